The largest absolute Gasteiger partial charge is 0.481 e. The number of hydrogen-bond acceptors (Lipinski definition) is 4. The number of rotatable bonds is 2. The molecule has 0 atom stereocenters. The van der Waals surface area contributed by atoms with Gasteiger partial charge in [0, 0.05) is 23.4 Å². The topological polar surface area (TPSA) is 56.3 Å². The van der Waals surface area contributed by atoms with E-state index in [9.17, 15) is 9.59 Å². The van der Waals surface area contributed by atoms with Crippen molar-refractivity contribution in [3.05, 3.63) is 59.3 Å². The third-order valence-electron chi connectivity index (χ3n) is 3.28. The van der Waals surface area contributed by atoms with E-state index in [1.807, 2.05) is 0 Å². The lowest BCUT2D eigenvalue weighted by molar-refractivity contribution is 0.0890. The zero-order chi connectivity index (χ0) is 13.4. The van der Waals surface area contributed by atoms with E-state index in [2.05, 4.69) is 4.98 Å². The van der Waals surface area contributed by atoms with Crippen molar-refractivity contribution in [3.8, 4) is 5.88 Å². The van der Waals surface area contributed by atoms with Gasteiger partial charge in [-0.05, 0) is 11.6 Å². The molecule has 0 fully saturated rings. The Morgan fingerprint density at radius 2 is 1.68 bits per heavy atom. The lowest BCUT2D eigenvalue weighted by atomic mass is 9.95. The summed E-state index contributed by atoms with van der Waals surface area (Å²) in [5.41, 5.74) is 1.61. The van der Waals surface area contributed by atoms with Crippen LogP contribution in [-0.2, 0) is 0 Å². The van der Waals surface area contributed by atoms with E-state index in [-0.39, 0.29) is 11.6 Å². The van der Waals surface area contributed by atoms with Crippen LogP contribution in [0.15, 0.2) is 42.6 Å². The summed E-state index contributed by atoms with van der Waals surface area (Å²) in [6.07, 6.45) is 1.54. The number of fused-ring (bicyclic) bond motifs is 1. The molecule has 0 radical (unpaired) electrons. The molecule has 4 heteroatoms. The molecule has 0 unspecified atom stereocenters. The molecule has 1 heterocycles. The van der Waals surface area contributed by atoms with E-state index < -0.39 is 5.92 Å². The van der Waals surface area contributed by atoms with Gasteiger partial charge in [-0.25, -0.2) is 4.98 Å². The van der Waals surface area contributed by atoms with Crippen molar-refractivity contribution < 1.29 is 14.3 Å². The van der Waals surface area contributed by atoms with Gasteiger partial charge in [0.05, 0.1) is 7.11 Å². The maximum absolute atomic E-state index is 12.3. The second-order valence-electron chi connectivity index (χ2n) is 4.34. The van der Waals surface area contributed by atoms with Gasteiger partial charge in [-0.15, -0.1) is 0 Å². The first kappa shape index (κ1) is 11.6. The van der Waals surface area contributed by atoms with Crippen LogP contribution in [0.25, 0.3) is 0 Å². The zero-order valence-electron chi connectivity index (χ0n) is 10.3. The molecule has 0 bridgehead atoms. The molecule has 4 nitrogen and oxygen atoms in total. The fraction of sp³-hybridized carbons (Fsp3) is 0.133. The van der Waals surface area contributed by atoms with Gasteiger partial charge in [-0.3, -0.25) is 9.59 Å². The van der Waals surface area contributed by atoms with Gasteiger partial charge in [-0.2, -0.15) is 0 Å². The number of carbonyl (C=O) groups excluding carboxylic acids is 2. The van der Waals surface area contributed by atoms with Gasteiger partial charge in [0.2, 0.25) is 5.88 Å². The van der Waals surface area contributed by atoms with E-state index in [1.54, 1.807) is 36.4 Å². The average molecular weight is 253 g/mol. The van der Waals surface area contributed by atoms with Crippen molar-refractivity contribution >= 4 is 11.6 Å². The monoisotopic (exact) mass is 253 g/mol. The van der Waals surface area contributed by atoms with E-state index in [4.69, 9.17) is 4.74 Å². The first-order valence-corrected chi connectivity index (χ1v) is 5.90. The van der Waals surface area contributed by atoms with Crippen molar-refractivity contribution in [1.29, 1.82) is 0 Å². The second kappa shape index (κ2) is 4.31. The van der Waals surface area contributed by atoms with Crippen molar-refractivity contribution in [2.75, 3.05) is 7.11 Å². The molecule has 94 valence electrons. The quantitative estimate of drug-likeness (QED) is 0.770. The number of nitrogens with zero attached hydrogens (tertiary/aromatic N) is 1. The Bertz CT molecular complexity index is 644. The fourth-order valence-corrected chi connectivity index (χ4v) is 2.36. The minimum Gasteiger partial charge on any atom is -0.481 e. The van der Waals surface area contributed by atoms with E-state index in [0.717, 1.165) is 0 Å². The number of benzene rings is 1. The van der Waals surface area contributed by atoms with Gasteiger partial charge >= 0.3 is 0 Å². The Balaban J connectivity index is 2.08. The van der Waals surface area contributed by atoms with Gasteiger partial charge < -0.3 is 4.74 Å². The molecule has 0 aliphatic heterocycles. The van der Waals surface area contributed by atoms with Crippen LogP contribution in [0, 0.1) is 0 Å². The van der Waals surface area contributed by atoms with Crippen LogP contribution >= 0.6 is 0 Å². The summed E-state index contributed by atoms with van der Waals surface area (Å²) in [5.74, 6) is -0.689. The Labute approximate surface area is 110 Å². The molecule has 3 rings (SSSR count). The summed E-state index contributed by atoms with van der Waals surface area (Å²) in [6, 6.07) is 10.2. The molecule has 1 aliphatic rings. The predicted octanol–water partition coefficient (Wildman–Crippen LogP) is 2.25. The second-order valence-corrected chi connectivity index (χ2v) is 4.34. The van der Waals surface area contributed by atoms with Crippen molar-refractivity contribution in [3.63, 3.8) is 0 Å². The molecular weight excluding hydrogens is 242 g/mol. The summed E-state index contributed by atoms with van der Waals surface area (Å²) in [7, 11) is 1.50. The summed E-state index contributed by atoms with van der Waals surface area (Å²) in [4.78, 5) is 28.6. The minimum atomic E-state index is -0.769. The van der Waals surface area contributed by atoms with Crippen LogP contribution in [0.4, 0.5) is 0 Å². The Morgan fingerprint density at radius 1 is 1.05 bits per heavy atom. The van der Waals surface area contributed by atoms with Crippen molar-refractivity contribution in [2.24, 2.45) is 0 Å². The van der Waals surface area contributed by atoms with Crippen LogP contribution < -0.4 is 4.74 Å². The molecule has 2 aromatic rings. The normalized spacial score (nSPS) is 14.6. The number of methoxy groups -OCH3 is 1. The highest BCUT2D eigenvalue weighted by atomic mass is 16.5. The molecular formula is C15H11NO3. The molecule has 0 saturated carbocycles. The highest BCUT2D eigenvalue weighted by molar-refractivity contribution is 6.29. The van der Waals surface area contributed by atoms with Crippen LogP contribution in [0.3, 0.4) is 0 Å². The molecule has 0 amide bonds. The number of ether oxygens (including phenoxy) is 1. The maximum Gasteiger partial charge on any atom is 0.213 e. The minimum absolute atomic E-state index is 0.158. The number of Topliss-reactive ketones (excluding diaryl/α,β-unsaturated/α-hetero) is 2. The van der Waals surface area contributed by atoms with Gasteiger partial charge in [0.1, 0.15) is 5.92 Å². The Morgan fingerprint density at radius 3 is 2.26 bits per heavy atom. The first-order chi connectivity index (χ1) is 9.22. The average Bonchev–Trinajstić information content (AvgIpc) is 2.72. The molecule has 19 heavy (non-hydrogen) atoms. The Hall–Kier alpha value is -2.49. The van der Waals surface area contributed by atoms with Crippen molar-refractivity contribution in [1.82, 2.24) is 4.98 Å². The fourth-order valence-electron chi connectivity index (χ4n) is 2.36. The van der Waals surface area contributed by atoms with Crippen LogP contribution in [-0.4, -0.2) is 23.7 Å². The lowest BCUT2D eigenvalue weighted by Crippen LogP contribution is -2.13. The molecule has 0 spiro atoms. The molecule has 0 saturated heterocycles. The highest BCUT2D eigenvalue weighted by Gasteiger charge is 2.39. The summed E-state index contributed by atoms with van der Waals surface area (Å²) in [6.45, 7) is 0. The number of aromatic nitrogens is 1. The van der Waals surface area contributed by atoms with E-state index >= 15 is 0 Å². The maximum atomic E-state index is 12.3. The molecule has 0 N–H and O–H groups in total. The van der Waals surface area contributed by atoms with Gasteiger partial charge in [-0.1, -0.05) is 24.3 Å². The SMILES string of the molecule is COc1cc(C2C(=O)c3ccccc3C2=O)ccn1. The molecule has 1 aliphatic carbocycles. The number of hydrogen-bond donors (Lipinski definition) is 0. The van der Waals surface area contributed by atoms with E-state index in [1.165, 1.54) is 13.3 Å². The van der Waals surface area contributed by atoms with Crippen LogP contribution in [0.2, 0.25) is 0 Å². The van der Waals surface area contributed by atoms with Crippen molar-refractivity contribution in [2.45, 2.75) is 5.92 Å². The molecule has 1 aromatic heterocycles. The standard InChI is InChI=1S/C15H11NO3/c1-19-12-8-9(6-7-16-12)13-14(17)10-4-2-3-5-11(10)15(13)18/h2-8,13H,1H3. The lowest BCUT2D eigenvalue weighted by Gasteiger charge is -2.08. The van der Waals surface area contributed by atoms with Crippen LogP contribution in [0.5, 0.6) is 5.88 Å². The third-order valence-corrected chi connectivity index (χ3v) is 3.28. The smallest absolute Gasteiger partial charge is 0.213 e. The first-order valence-electron chi connectivity index (χ1n) is 5.90. The van der Waals surface area contributed by atoms with Gasteiger partial charge in [0.25, 0.3) is 0 Å². The summed E-state index contributed by atoms with van der Waals surface area (Å²) < 4.78 is 5.03. The Kier molecular flexibility index (Phi) is 2.63. The highest BCUT2D eigenvalue weighted by Crippen LogP contribution is 2.34. The van der Waals surface area contributed by atoms with E-state index in [0.29, 0.717) is 22.6 Å². The number of pyridine rings is 1. The third kappa shape index (κ3) is 1.73. The van der Waals surface area contributed by atoms with Gasteiger partial charge in [0.15, 0.2) is 11.6 Å². The van der Waals surface area contributed by atoms with Crippen LogP contribution in [0.1, 0.15) is 32.2 Å². The summed E-state index contributed by atoms with van der Waals surface area (Å²) >= 11 is 0. The number of ketones is 2. The molecule has 1 aromatic carbocycles. The zero-order valence-corrected chi connectivity index (χ0v) is 10.3. The predicted molar refractivity (Wildman–Crippen MR) is 68.6 cm³/mol. The summed E-state index contributed by atoms with van der Waals surface area (Å²) in [5, 5.41) is 0. The number of carbonyl (C=O) groups is 2.